The van der Waals surface area contributed by atoms with E-state index < -0.39 is 5.97 Å². The minimum Gasteiger partial charge on any atom is -0.496 e. The minimum atomic E-state index is -1.06. The van der Waals surface area contributed by atoms with Crippen molar-refractivity contribution in [1.82, 2.24) is 0 Å². The molecule has 0 saturated heterocycles. The Morgan fingerprint density at radius 3 is 2.50 bits per heavy atom. The lowest BCUT2D eigenvalue weighted by atomic mass is 10.0. The number of carboxylic acids is 1. The second-order valence-corrected chi connectivity index (χ2v) is 5.85. The molecule has 2 aromatic rings. The number of para-hydroxylation sites is 1. The molecule has 0 aliphatic carbocycles. The predicted molar refractivity (Wildman–Crippen MR) is 95.7 cm³/mol. The zero-order chi connectivity index (χ0) is 17.7. The van der Waals surface area contributed by atoms with Crippen molar-refractivity contribution in [3.8, 4) is 11.5 Å². The van der Waals surface area contributed by atoms with Gasteiger partial charge in [-0.1, -0.05) is 29.8 Å². The molecule has 0 unspecified atom stereocenters. The molecule has 0 radical (unpaired) electrons. The van der Waals surface area contributed by atoms with Gasteiger partial charge in [0.2, 0.25) is 0 Å². The first-order chi connectivity index (χ1) is 11.4. The van der Waals surface area contributed by atoms with Crippen molar-refractivity contribution in [2.75, 3.05) is 7.11 Å². The molecule has 0 saturated carbocycles. The van der Waals surface area contributed by atoms with Gasteiger partial charge in [-0.3, -0.25) is 0 Å². The molecule has 0 fully saturated rings. The molecule has 0 amide bonds. The molecule has 0 bridgehead atoms. The first kappa shape index (κ1) is 17.9. The maximum Gasteiger partial charge on any atom is 0.336 e. The van der Waals surface area contributed by atoms with Gasteiger partial charge in [-0.2, -0.15) is 0 Å². The number of carbonyl (C=O) groups is 1. The van der Waals surface area contributed by atoms with Crippen LogP contribution in [-0.4, -0.2) is 24.3 Å². The Morgan fingerprint density at radius 2 is 1.88 bits per heavy atom. The molecule has 126 valence electrons. The Balaban J connectivity index is 2.60. The summed E-state index contributed by atoms with van der Waals surface area (Å²) in [6, 6.07) is 12.1. The SMILES string of the molecule is COc1ccccc1/C(=C/c1cc(Cl)ccc1OC(C)C)C(=O)O. The fourth-order valence-corrected chi connectivity index (χ4v) is 2.45. The smallest absolute Gasteiger partial charge is 0.336 e. The summed E-state index contributed by atoms with van der Waals surface area (Å²) in [5.74, 6) is -0.00229. The maximum absolute atomic E-state index is 11.8. The molecule has 0 spiro atoms. The summed E-state index contributed by atoms with van der Waals surface area (Å²) in [7, 11) is 1.50. The van der Waals surface area contributed by atoms with Crippen molar-refractivity contribution >= 4 is 29.2 Å². The highest BCUT2D eigenvalue weighted by Crippen LogP contribution is 2.32. The van der Waals surface area contributed by atoms with Crippen LogP contribution in [0.2, 0.25) is 5.02 Å². The summed E-state index contributed by atoms with van der Waals surface area (Å²) < 4.78 is 11.0. The number of benzene rings is 2. The number of carboxylic acid groups (broad SMARTS) is 1. The molecule has 0 aliphatic heterocycles. The fourth-order valence-electron chi connectivity index (χ4n) is 2.27. The van der Waals surface area contributed by atoms with E-state index in [-0.39, 0.29) is 11.7 Å². The highest BCUT2D eigenvalue weighted by atomic mass is 35.5. The van der Waals surface area contributed by atoms with Gasteiger partial charge < -0.3 is 14.6 Å². The Hall–Kier alpha value is -2.46. The highest BCUT2D eigenvalue weighted by Gasteiger charge is 2.16. The van der Waals surface area contributed by atoms with E-state index in [2.05, 4.69) is 0 Å². The summed E-state index contributed by atoms with van der Waals surface area (Å²) in [5.41, 5.74) is 1.19. The lowest BCUT2D eigenvalue weighted by Crippen LogP contribution is -2.07. The standard InChI is InChI=1S/C19H19ClO4/c1-12(2)24-17-9-8-14(20)10-13(17)11-16(19(21)22)15-6-4-5-7-18(15)23-3/h4-12H,1-3H3,(H,21,22)/b16-11-. The number of rotatable bonds is 6. The average Bonchev–Trinajstić information content (AvgIpc) is 2.54. The molecule has 24 heavy (non-hydrogen) atoms. The summed E-state index contributed by atoms with van der Waals surface area (Å²) in [5, 5.41) is 10.2. The van der Waals surface area contributed by atoms with Crippen molar-refractivity contribution in [3.05, 3.63) is 58.6 Å². The fraction of sp³-hybridized carbons (Fsp3) is 0.211. The average molecular weight is 347 g/mol. The van der Waals surface area contributed by atoms with Crippen LogP contribution in [0.4, 0.5) is 0 Å². The van der Waals surface area contributed by atoms with Crippen molar-refractivity contribution in [3.63, 3.8) is 0 Å². The number of aliphatic carboxylic acids is 1. The molecule has 2 rings (SSSR count). The van der Waals surface area contributed by atoms with Gasteiger partial charge in [0.25, 0.3) is 0 Å². The number of hydrogen-bond acceptors (Lipinski definition) is 3. The van der Waals surface area contributed by atoms with E-state index in [1.165, 1.54) is 7.11 Å². The second kappa shape index (κ2) is 7.88. The summed E-state index contributed by atoms with van der Waals surface area (Å²) in [6.07, 6.45) is 1.50. The third-order valence-electron chi connectivity index (χ3n) is 3.26. The monoisotopic (exact) mass is 346 g/mol. The van der Waals surface area contributed by atoms with Crippen molar-refractivity contribution in [2.24, 2.45) is 0 Å². The van der Waals surface area contributed by atoms with E-state index in [0.29, 0.717) is 27.6 Å². The Labute approximate surface area is 146 Å². The largest absolute Gasteiger partial charge is 0.496 e. The molecular formula is C19H19ClO4. The van der Waals surface area contributed by atoms with Crippen LogP contribution >= 0.6 is 11.6 Å². The van der Waals surface area contributed by atoms with Gasteiger partial charge in [0.1, 0.15) is 11.5 Å². The molecule has 1 N–H and O–H groups in total. The summed E-state index contributed by atoms with van der Waals surface area (Å²) in [4.78, 5) is 11.8. The van der Waals surface area contributed by atoms with Gasteiger partial charge in [0.05, 0.1) is 18.8 Å². The van der Waals surface area contributed by atoms with Crippen molar-refractivity contribution in [2.45, 2.75) is 20.0 Å². The summed E-state index contributed by atoms with van der Waals surface area (Å²) >= 11 is 6.06. The maximum atomic E-state index is 11.8. The van der Waals surface area contributed by atoms with Crippen LogP contribution in [0.3, 0.4) is 0 Å². The van der Waals surface area contributed by atoms with Crippen LogP contribution in [-0.2, 0) is 4.79 Å². The van der Waals surface area contributed by atoms with E-state index in [9.17, 15) is 9.90 Å². The summed E-state index contributed by atoms with van der Waals surface area (Å²) in [6.45, 7) is 3.81. The predicted octanol–water partition coefficient (Wildman–Crippen LogP) is 4.76. The number of methoxy groups -OCH3 is 1. The Bertz CT molecular complexity index is 766. The molecule has 0 atom stereocenters. The van der Waals surface area contributed by atoms with Gasteiger partial charge in [0.15, 0.2) is 0 Å². The zero-order valence-electron chi connectivity index (χ0n) is 13.7. The van der Waals surface area contributed by atoms with Gasteiger partial charge in [-0.25, -0.2) is 4.79 Å². The van der Waals surface area contributed by atoms with Gasteiger partial charge in [0, 0.05) is 16.1 Å². The Morgan fingerprint density at radius 1 is 1.17 bits per heavy atom. The first-order valence-electron chi connectivity index (χ1n) is 7.47. The minimum absolute atomic E-state index is 0.0436. The molecule has 0 aliphatic rings. The molecule has 2 aromatic carbocycles. The van der Waals surface area contributed by atoms with Crippen LogP contribution in [0, 0.1) is 0 Å². The third kappa shape index (κ3) is 4.30. The zero-order valence-corrected chi connectivity index (χ0v) is 14.5. The van der Waals surface area contributed by atoms with E-state index in [1.807, 2.05) is 13.8 Å². The van der Waals surface area contributed by atoms with E-state index in [4.69, 9.17) is 21.1 Å². The topological polar surface area (TPSA) is 55.8 Å². The molecular weight excluding hydrogens is 328 g/mol. The lowest BCUT2D eigenvalue weighted by Gasteiger charge is -2.14. The van der Waals surface area contributed by atoms with Crippen LogP contribution in [0.15, 0.2) is 42.5 Å². The number of halogens is 1. The van der Waals surface area contributed by atoms with E-state index in [0.717, 1.165) is 0 Å². The van der Waals surface area contributed by atoms with E-state index >= 15 is 0 Å². The van der Waals surface area contributed by atoms with Crippen LogP contribution < -0.4 is 9.47 Å². The van der Waals surface area contributed by atoms with Crippen molar-refractivity contribution in [1.29, 1.82) is 0 Å². The molecule has 5 heteroatoms. The van der Waals surface area contributed by atoms with Gasteiger partial charge in [-0.15, -0.1) is 0 Å². The van der Waals surface area contributed by atoms with Gasteiger partial charge >= 0.3 is 5.97 Å². The third-order valence-corrected chi connectivity index (χ3v) is 3.50. The normalized spacial score (nSPS) is 11.5. The Kier molecular flexibility index (Phi) is 5.88. The van der Waals surface area contributed by atoms with Gasteiger partial charge in [-0.05, 0) is 44.2 Å². The van der Waals surface area contributed by atoms with Crippen LogP contribution in [0.25, 0.3) is 11.6 Å². The van der Waals surface area contributed by atoms with Crippen LogP contribution in [0.5, 0.6) is 11.5 Å². The highest BCUT2D eigenvalue weighted by molar-refractivity contribution is 6.31. The molecule has 0 heterocycles. The number of hydrogen-bond donors (Lipinski definition) is 1. The molecule has 4 nitrogen and oxygen atoms in total. The molecule has 0 aromatic heterocycles. The van der Waals surface area contributed by atoms with Crippen molar-refractivity contribution < 1.29 is 19.4 Å². The first-order valence-corrected chi connectivity index (χ1v) is 7.84. The van der Waals surface area contributed by atoms with Crippen LogP contribution in [0.1, 0.15) is 25.0 Å². The quantitative estimate of drug-likeness (QED) is 0.605. The van der Waals surface area contributed by atoms with E-state index in [1.54, 1.807) is 48.5 Å². The number of ether oxygens (including phenoxy) is 2. The lowest BCUT2D eigenvalue weighted by molar-refractivity contribution is -0.130. The second-order valence-electron chi connectivity index (χ2n) is 5.41.